The van der Waals surface area contributed by atoms with Crippen LogP contribution in [0.4, 0.5) is 0 Å². The smallest absolute Gasteiger partial charge is 0.119 e. The minimum Gasteiger partial charge on any atom is -0.494 e. The first-order chi connectivity index (χ1) is 6.22. The Morgan fingerprint density at radius 2 is 1.92 bits per heavy atom. The first kappa shape index (κ1) is 10.1. The second-order valence-corrected chi connectivity index (χ2v) is 3.39. The molecule has 2 nitrogen and oxygen atoms in total. The van der Waals surface area contributed by atoms with E-state index in [0.29, 0.717) is 6.04 Å². The molecule has 0 amide bonds. The van der Waals surface area contributed by atoms with Gasteiger partial charge in [0.1, 0.15) is 5.75 Å². The highest BCUT2D eigenvalue weighted by Gasteiger charge is 2.00. The molecule has 0 saturated carbocycles. The lowest BCUT2D eigenvalue weighted by atomic mass is 10.1. The first-order valence-electron chi connectivity index (χ1n) is 4.77. The van der Waals surface area contributed by atoms with Crippen molar-refractivity contribution in [2.75, 3.05) is 6.61 Å². The van der Waals surface area contributed by atoms with E-state index in [4.69, 9.17) is 4.74 Å². The summed E-state index contributed by atoms with van der Waals surface area (Å²) in [7, 11) is 0. The lowest BCUT2D eigenvalue weighted by Gasteiger charge is -2.05. The van der Waals surface area contributed by atoms with Gasteiger partial charge in [-0.15, -0.1) is 0 Å². The summed E-state index contributed by atoms with van der Waals surface area (Å²) in [6, 6.07) is 8.71. The maximum atomic E-state index is 5.35. The fourth-order valence-corrected chi connectivity index (χ4v) is 1.29. The fourth-order valence-electron chi connectivity index (χ4n) is 1.29. The molecule has 0 aromatic heterocycles. The van der Waals surface area contributed by atoms with Gasteiger partial charge in [0, 0.05) is 6.42 Å². The third-order valence-electron chi connectivity index (χ3n) is 1.82. The molecule has 0 fully saturated rings. The molecule has 1 unspecified atom stereocenters. The summed E-state index contributed by atoms with van der Waals surface area (Å²) in [6.07, 6.45) is 1.03. The molecule has 0 heterocycles. The molecule has 1 atom stereocenters. The third-order valence-corrected chi connectivity index (χ3v) is 1.82. The van der Waals surface area contributed by atoms with Gasteiger partial charge in [-0.2, -0.15) is 0 Å². The second kappa shape index (κ2) is 4.87. The number of ether oxygens (including phenoxy) is 1. The van der Waals surface area contributed by atoms with Crippen LogP contribution in [0.3, 0.4) is 0 Å². The lowest BCUT2D eigenvalue weighted by molar-refractivity contribution is -0.413. The quantitative estimate of drug-likeness (QED) is 0.744. The topological polar surface area (TPSA) is 36.9 Å². The van der Waals surface area contributed by atoms with E-state index in [0.717, 1.165) is 18.8 Å². The molecule has 3 N–H and O–H groups in total. The molecular weight excluding hydrogens is 162 g/mol. The largest absolute Gasteiger partial charge is 0.494 e. The molecule has 0 saturated heterocycles. The summed E-state index contributed by atoms with van der Waals surface area (Å²) in [5, 5.41) is 0. The molecule has 13 heavy (non-hydrogen) atoms. The summed E-state index contributed by atoms with van der Waals surface area (Å²) in [5.74, 6) is 0.947. The molecule has 1 aromatic carbocycles. The molecule has 72 valence electrons. The summed E-state index contributed by atoms with van der Waals surface area (Å²) in [6.45, 7) is 4.84. The van der Waals surface area contributed by atoms with E-state index in [1.165, 1.54) is 5.56 Å². The molecule has 1 rings (SSSR count). The van der Waals surface area contributed by atoms with Crippen molar-refractivity contribution in [1.29, 1.82) is 0 Å². The Labute approximate surface area is 79.7 Å². The standard InChI is InChI=1S/C11H17NO/c1-3-13-11-6-4-10(5-7-11)8-9(2)12/h4-7,9H,3,8,12H2,1-2H3/p+1. The van der Waals surface area contributed by atoms with E-state index in [-0.39, 0.29) is 0 Å². The molecular formula is C11H18NO+. The number of benzene rings is 1. The van der Waals surface area contributed by atoms with Crippen molar-refractivity contribution in [3.05, 3.63) is 29.8 Å². The number of quaternary nitrogens is 1. The van der Waals surface area contributed by atoms with E-state index in [2.05, 4.69) is 24.8 Å². The monoisotopic (exact) mass is 180 g/mol. The maximum Gasteiger partial charge on any atom is 0.119 e. The van der Waals surface area contributed by atoms with Crippen LogP contribution in [0.5, 0.6) is 5.75 Å². The highest BCUT2D eigenvalue weighted by Crippen LogP contribution is 2.12. The van der Waals surface area contributed by atoms with Gasteiger partial charge in [0.2, 0.25) is 0 Å². The fraction of sp³-hybridized carbons (Fsp3) is 0.455. The first-order valence-corrected chi connectivity index (χ1v) is 4.77. The van der Waals surface area contributed by atoms with Gasteiger partial charge in [-0.1, -0.05) is 12.1 Å². The highest BCUT2D eigenvalue weighted by atomic mass is 16.5. The molecule has 0 aliphatic carbocycles. The Morgan fingerprint density at radius 3 is 2.38 bits per heavy atom. The van der Waals surface area contributed by atoms with E-state index >= 15 is 0 Å². The molecule has 1 aromatic rings. The Morgan fingerprint density at radius 1 is 1.31 bits per heavy atom. The zero-order valence-corrected chi connectivity index (χ0v) is 8.42. The van der Waals surface area contributed by atoms with E-state index in [9.17, 15) is 0 Å². The van der Waals surface area contributed by atoms with E-state index in [1.54, 1.807) is 0 Å². The Bertz CT molecular complexity index is 241. The molecule has 0 spiro atoms. The van der Waals surface area contributed by atoms with Crippen molar-refractivity contribution in [3.63, 3.8) is 0 Å². The van der Waals surface area contributed by atoms with Crippen molar-refractivity contribution in [2.45, 2.75) is 26.3 Å². The summed E-state index contributed by atoms with van der Waals surface area (Å²) in [4.78, 5) is 0. The van der Waals surface area contributed by atoms with Crippen LogP contribution in [0.15, 0.2) is 24.3 Å². The predicted octanol–water partition coefficient (Wildman–Crippen LogP) is 1.26. The van der Waals surface area contributed by atoms with Gasteiger partial charge in [0.05, 0.1) is 12.6 Å². The summed E-state index contributed by atoms with van der Waals surface area (Å²) in [5.41, 5.74) is 5.29. The van der Waals surface area contributed by atoms with Crippen LogP contribution >= 0.6 is 0 Å². The van der Waals surface area contributed by atoms with Crippen LogP contribution in [0.2, 0.25) is 0 Å². The minimum absolute atomic E-state index is 0.470. The van der Waals surface area contributed by atoms with Gasteiger partial charge < -0.3 is 10.5 Å². The average molecular weight is 180 g/mol. The average Bonchev–Trinajstić information content (AvgIpc) is 2.08. The third kappa shape index (κ3) is 3.47. The SMILES string of the molecule is CCOc1ccc(CC(C)[NH3+])cc1. The Hall–Kier alpha value is -1.02. The zero-order valence-electron chi connectivity index (χ0n) is 8.42. The van der Waals surface area contributed by atoms with Gasteiger partial charge in [0.25, 0.3) is 0 Å². The number of hydrogen-bond donors (Lipinski definition) is 1. The van der Waals surface area contributed by atoms with E-state index in [1.807, 2.05) is 19.1 Å². The molecule has 0 aliphatic rings. The Kier molecular flexibility index (Phi) is 3.77. The molecule has 0 radical (unpaired) electrons. The van der Waals surface area contributed by atoms with Crippen molar-refractivity contribution < 1.29 is 10.5 Å². The predicted molar refractivity (Wildman–Crippen MR) is 53.7 cm³/mol. The molecule has 0 aliphatic heterocycles. The van der Waals surface area contributed by atoms with Gasteiger partial charge in [-0.25, -0.2) is 0 Å². The van der Waals surface area contributed by atoms with Gasteiger partial charge in [0.15, 0.2) is 0 Å². The van der Waals surface area contributed by atoms with Gasteiger partial charge in [-0.3, -0.25) is 0 Å². The molecule has 2 heteroatoms. The van der Waals surface area contributed by atoms with Gasteiger partial charge >= 0.3 is 0 Å². The van der Waals surface area contributed by atoms with Crippen LogP contribution in [0.25, 0.3) is 0 Å². The second-order valence-electron chi connectivity index (χ2n) is 3.39. The van der Waals surface area contributed by atoms with E-state index < -0.39 is 0 Å². The van der Waals surface area contributed by atoms with Crippen molar-refractivity contribution >= 4 is 0 Å². The van der Waals surface area contributed by atoms with Crippen LogP contribution in [-0.4, -0.2) is 12.6 Å². The zero-order chi connectivity index (χ0) is 9.68. The van der Waals surface area contributed by atoms with Crippen LogP contribution in [0, 0.1) is 0 Å². The van der Waals surface area contributed by atoms with Gasteiger partial charge in [-0.05, 0) is 31.5 Å². The number of rotatable bonds is 4. The number of hydrogen-bond acceptors (Lipinski definition) is 1. The summed E-state index contributed by atoms with van der Waals surface area (Å²) >= 11 is 0. The minimum atomic E-state index is 0.470. The Balaban J connectivity index is 2.59. The van der Waals surface area contributed by atoms with Crippen LogP contribution < -0.4 is 10.5 Å². The summed E-state index contributed by atoms with van der Waals surface area (Å²) < 4.78 is 5.35. The highest BCUT2D eigenvalue weighted by molar-refractivity contribution is 5.27. The lowest BCUT2D eigenvalue weighted by Crippen LogP contribution is -2.60. The van der Waals surface area contributed by atoms with Crippen LogP contribution in [0.1, 0.15) is 19.4 Å². The normalized spacial score (nSPS) is 12.5. The van der Waals surface area contributed by atoms with Crippen molar-refractivity contribution in [2.24, 2.45) is 0 Å². The maximum absolute atomic E-state index is 5.35. The van der Waals surface area contributed by atoms with Crippen LogP contribution in [-0.2, 0) is 6.42 Å². The van der Waals surface area contributed by atoms with Crippen molar-refractivity contribution in [1.82, 2.24) is 0 Å². The molecule has 0 bridgehead atoms. The van der Waals surface area contributed by atoms with Crippen molar-refractivity contribution in [3.8, 4) is 5.75 Å².